The van der Waals surface area contributed by atoms with E-state index in [9.17, 15) is 12.8 Å². The van der Waals surface area contributed by atoms with E-state index in [2.05, 4.69) is 3.63 Å². The van der Waals surface area contributed by atoms with E-state index in [4.69, 9.17) is 0 Å². The zero-order chi connectivity index (χ0) is 21.9. The molecule has 158 valence electrons. The van der Waals surface area contributed by atoms with Gasteiger partial charge in [0, 0.05) is 0 Å². The first-order chi connectivity index (χ1) is 14.9. The first-order valence-electron chi connectivity index (χ1n) is 9.67. The third kappa shape index (κ3) is 4.28. The standard InChI is InChI=1S/C25H21FO3S2/c1-20-12-16-25(17-13-20)31(27,28)29-30(22-8-4-2-5-9-22,23-10-6-3-7-11-23)24-18-14-21(26)15-19-24/h2-19H,1H3/p+1. The van der Waals surface area contributed by atoms with Crippen molar-refractivity contribution in [2.45, 2.75) is 26.5 Å². The summed E-state index contributed by atoms with van der Waals surface area (Å²) in [5.41, 5.74) is 0.960. The van der Waals surface area contributed by atoms with Gasteiger partial charge in [0.05, 0.1) is 25.0 Å². The van der Waals surface area contributed by atoms with Gasteiger partial charge in [0.1, 0.15) is 10.7 Å². The zero-order valence-electron chi connectivity index (χ0n) is 16.9. The van der Waals surface area contributed by atoms with Gasteiger partial charge in [0.15, 0.2) is 0 Å². The molecule has 0 heterocycles. The normalized spacial score (nSPS) is 12.5. The van der Waals surface area contributed by atoms with Crippen LogP contribution in [-0.4, -0.2) is 12.0 Å². The maximum atomic E-state index is 13.8. The molecule has 4 aromatic rings. The first-order valence-corrected chi connectivity index (χ1v) is 12.7. The van der Waals surface area contributed by atoms with Crippen molar-refractivity contribution in [1.82, 2.24) is 0 Å². The van der Waals surface area contributed by atoms with Crippen molar-refractivity contribution in [1.29, 1.82) is 0 Å². The van der Waals surface area contributed by atoms with E-state index in [1.54, 1.807) is 36.4 Å². The molecule has 31 heavy (non-hydrogen) atoms. The van der Waals surface area contributed by atoms with Crippen LogP contribution in [0.1, 0.15) is 5.56 Å². The molecule has 1 N–H and O–H groups in total. The number of aryl methyl sites for hydroxylation is 1. The van der Waals surface area contributed by atoms with E-state index in [-0.39, 0.29) is 10.7 Å². The van der Waals surface area contributed by atoms with Gasteiger partial charge in [-0.3, -0.25) is 3.63 Å². The summed E-state index contributed by atoms with van der Waals surface area (Å²) in [6.07, 6.45) is 0. The largest absolute Gasteiger partial charge is 0.422 e. The van der Waals surface area contributed by atoms with Crippen LogP contribution in [-0.2, 0) is 10.1 Å². The van der Waals surface area contributed by atoms with Gasteiger partial charge < -0.3 is 0 Å². The summed E-state index contributed by atoms with van der Waals surface area (Å²) >= 11 is 0. The van der Waals surface area contributed by atoms with E-state index in [0.717, 1.165) is 15.4 Å². The molecule has 0 radical (unpaired) electrons. The molecule has 0 unspecified atom stereocenters. The lowest BCUT2D eigenvalue weighted by Gasteiger charge is -2.34. The minimum Gasteiger partial charge on any atom is -0.258 e. The predicted molar refractivity (Wildman–Crippen MR) is 123 cm³/mol. The zero-order valence-corrected chi connectivity index (χ0v) is 18.5. The maximum absolute atomic E-state index is 13.8. The minimum atomic E-state index is -4.02. The summed E-state index contributed by atoms with van der Waals surface area (Å²) in [6.45, 7) is 1.90. The Morgan fingerprint density at radius 3 is 1.48 bits per heavy atom. The number of benzene rings is 4. The van der Waals surface area contributed by atoms with Crippen LogP contribution >= 0.6 is 10.3 Å². The van der Waals surface area contributed by atoms with Crippen molar-refractivity contribution in [3.05, 3.63) is 121 Å². The predicted octanol–water partition coefficient (Wildman–Crippen LogP) is 6.81. The summed E-state index contributed by atoms with van der Waals surface area (Å²) in [4.78, 5) is 2.28. The number of rotatable bonds is 6. The Kier molecular flexibility index (Phi) is 5.96. The Bertz CT molecular complexity index is 1220. The topological polar surface area (TPSA) is 46.9 Å². The van der Waals surface area contributed by atoms with Crippen LogP contribution < -0.4 is 0 Å². The molecule has 0 atom stereocenters. The van der Waals surface area contributed by atoms with E-state index in [1.165, 1.54) is 12.1 Å². The van der Waals surface area contributed by atoms with Crippen LogP contribution in [0.25, 0.3) is 0 Å². The fourth-order valence-corrected chi connectivity index (χ4v) is 8.79. The van der Waals surface area contributed by atoms with Gasteiger partial charge in [-0.1, -0.05) is 54.1 Å². The van der Waals surface area contributed by atoms with Gasteiger partial charge in [-0.15, -0.1) is 8.42 Å². The molecule has 0 saturated carbocycles. The van der Waals surface area contributed by atoms with Gasteiger partial charge >= 0.3 is 10.1 Å². The molecule has 0 aliphatic heterocycles. The van der Waals surface area contributed by atoms with Crippen LogP contribution in [0.3, 0.4) is 0 Å². The van der Waals surface area contributed by atoms with Crippen molar-refractivity contribution in [2.75, 3.05) is 0 Å². The highest BCUT2D eigenvalue weighted by atomic mass is 32.3. The fraction of sp³-hybridized carbons (Fsp3) is 0.0400. The number of halogens is 1. The number of hydrogen-bond donors (Lipinski definition) is 0. The van der Waals surface area contributed by atoms with Crippen molar-refractivity contribution in [2.24, 2.45) is 0 Å². The van der Waals surface area contributed by atoms with Crippen LogP contribution in [0.5, 0.6) is 0 Å². The van der Waals surface area contributed by atoms with Gasteiger partial charge in [0.25, 0.3) is 0 Å². The third-order valence-electron chi connectivity index (χ3n) is 4.85. The van der Waals surface area contributed by atoms with Crippen LogP contribution in [0.2, 0.25) is 0 Å². The lowest BCUT2D eigenvalue weighted by molar-refractivity contribution is 0.387. The van der Waals surface area contributed by atoms with Crippen LogP contribution in [0, 0.1) is 12.7 Å². The smallest absolute Gasteiger partial charge is 0.258 e. The molecule has 0 aliphatic rings. The van der Waals surface area contributed by atoms with Crippen molar-refractivity contribution in [3.63, 3.8) is 0 Å². The van der Waals surface area contributed by atoms with E-state index >= 15 is 0 Å². The quantitative estimate of drug-likeness (QED) is 0.238. The maximum Gasteiger partial charge on any atom is 0.422 e. The van der Waals surface area contributed by atoms with Gasteiger partial charge in [0.2, 0.25) is 0 Å². The summed E-state index contributed by atoms with van der Waals surface area (Å²) in [6, 6.07) is 31.3. The first kappa shape index (κ1) is 21.3. The van der Waals surface area contributed by atoms with Crippen LogP contribution in [0.4, 0.5) is 4.39 Å². The number of hydrogen-bond acceptors (Lipinski definition) is 2. The molecule has 0 spiro atoms. The SMILES string of the molecule is Cc1ccc(S(=O)(=O)[OH+]S(c2ccccc2)(c2ccccc2)c2ccc(F)cc2)cc1. The van der Waals surface area contributed by atoms with Crippen LogP contribution in [0.15, 0.2) is 129 Å². The molecule has 3 nitrogen and oxygen atoms in total. The van der Waals surface area contributed by atoms with Crippen molar-refractivity contribution >= 4 is 20.4 Å². The molecule has 0 bridgehead atoms. The third-order valence-corrected chi connectivity index (χ3v) is 10.3. The summed E-state index contributed by atoms with van der Waals surface area (Å²) < 4.78 is 45.4. The average Bonchev–Trinajstić information content (AvgIpc) is 2.79. The molecular formula is C25H22FO3S2+. The average molecular weight is 454 g/mol. The molecular weight excluding hydrogens is 431 g/mol. The Hall–Kier alpha value is -2.93. The van der Waals surface area contributed by atoms with Crippen molar-refractivity contribution < 1.29 is 16.4 Å². The van der Waals surface area contributed by atoms with Gasteiger partial charge in [-0.2, -0.15) is 0 Å². The van der Waals surface area contributed by atoms with E-state index in [1.807, 2.05) is 67.6 Å². The molecule has 0 saturated heterocycles. The highest BCUT2D eigenvalue weighted by Crippen LogP contribution is 2.68. The lowest BCUT2D eigenvalue weighted by atomic mass is 10.2. The molecule has 4 aromatic carbocycles. The second-order valence-corrected chi connectivity index (χ2v) is 11.6. The van der Waals surface area contributed by atoms with Gasteiger partial charge in [-0.25, -0.2) is 4.39 Å². The molecule has 6 heteroatoms. The Labute approximate surface area is 183 Å². The highest BCUT2D eigenvalue weighted by molar-refractivity contribution is 8.32. The monoisotopic (exact) mass is 453 g/mol. The fourth-order valence-electron chi connectivity index (χ4n) is 3.30. The highest BCUT2D eigenvalue weighted by Gasteiger charge is 2.43. The molecule has 4 rings (SSSR count). The van der Waals surface area contributed by atoms with E-state index < -0.39 is 20.4 Å². The Balaban J connectivity index is 2.00. The molecule has 0 aliphatic carbocycles. The summed E-state index contributed by atoms with van der Waals surface area (Å²) in [7, 11) is -6.62. The second-order valence-electron chi connectivity index (χ2n) is 7.02. The second kappa shape index (κ2) is 8.67. The van der Waals surface area contributed by atoms with Gasteiger partial charge in [-0.05, 0) is 67.6 Å². The summed E-state index contributed by atoms with van der Waals surface area (Å²) in [5, 5.41) is 0. The molecule has 0 aromatic heterocycles. The van der Waals surface area contributed by atoms with E-state index in [0.29, 0.717) is 4.90 Å². The molecule has 0 amide bonds. The summed E-state index contributed by atoms with van der Waals surface area (Å²) in [5.74, 6) is -0.389. The minimum absolute atomic E-state index is 0.129. The van der Waals surface area contributed by atoms with Crippen molar-refractivity contribution in [3.8, 4) is 0 Å². The molecule has 0 fully saturated rings. The Morgan fingerprint density at radius 2 is 1.00 bits per heavy atom. The lowest BCUT2D eigenvalue weighted by Crippen LogP contribution is -2.18. The Morgan fingerprint density at radius 1 is 0.581 bits per heavy atom.